The van der Waals surface area contributed by atoms with E-state index in [1.54, 1.807) is 24.3 Å². The fourth-order valence-corrected chi connectivity index (χ4v) is 3.05. The number of aryl methyl sites for hydroxylation is 2. The molecule has 0 radical (unpaired) electrons. The van der Waals surface area contributed by atoms with Gasteiger partial charge in [-0.25, -0.2) is 12.7 Å². The second-order valence-corrected chi connectivity index (χ2v) is 8.55. The smallest absolute Gasteiger partial charge is 0.256 e. The lowest BCUT2D eigenvalue weighted by molar-refractivity contribution is 0.0956. The van der Waals surface area contributed by atoms with E-state index >= 15 is 0 Å². The number of sulfonamides is 1. The van der Waals surface area contributed by atoms with E-state index in [0.717, 1.165) is 15.6 Å². The van der Waals surface area contributed by atoms with Crippen molar-refractivity contribution < 1.29 is 13.2 Å². The molecule has 0 aliphatic carbocycles. The van der Waals surface area contributed by atoms with Crippen molar-refractivity contribution in [1.29, 1.82) is 0 Å². The van der Waals surface area contributed by atoms with E-state index in [1.807, 2.05) is 19.9 Å². The maximum atomic E-state index is 12.1. The van der Waals surface area contributed by atoms with Crippen LogP contribution in [-0.2, 0) is 10.0 Å². The first-order chi connectivity index (χ1) is 12.1. The molecule has 2 aromatic rings. The lowest BCUT2D eigenvalue weighted by atomic mass is 10.0. The number of H-pyrrole nitrogens is 1. The molecule has 1 amide bonds. The van der Waals surface area contributed by atoms with Crippen LogP contribution in [-0.4, -0.2) is 50.0 Å². The van der Waals surface area contributed by atoms with Crippen LogP contribution in [0.15, 0.2) is 35.1 Å². The highest BCUT2D eigenvalue weighted by atomic mass is 32.2. The van der Waals surface area contributed by atoms with Gasteiger partial charge in [0.15, 0.2) is 0 Å². The topological polar surface area (TPSA) is 99.3 Å². The molecule has 7 nitrogen and oxygen atoms in total. The number of aromatic nitrogens is 1. The van der Waals surface area contributed by atoms with E-state index in [2.05, 4.69) is 10.3 Å². The van der Waals surface area contributed by atoms with Gasteiger partial charge in [-0.15, -0.1) is 0 Å². The first-order valence-corrected chi connectivity index (χ1v) is 9.72. The Morgan fingerprint density at radius 1 is 1.15 bits per heavy atom. The molecule has 1 aromatic carbocycles. The van der Waals surface area contributed by atoms with Gasteiger partial charge in [-0.1, -0.05) is 12.1 Å². The van der Waals surface area contributed by atoms with E-state index < -0.39 is 10.0 Å². The van der Waals surface area contributed by atoms with Crippen LogP contribution in [0, 0.1) is 13.8 Å². The number of pyridine rings is 1. The predicted molar refractivity (Wildman–Crippen MR) is 102 cm³/mol. The number of nitrogens with one attached hydrogen (secondary N) is 2. The lowest BCUT2D eigenvalue weighted by Gasteiger charge is -2.11. The van der Waals surface area contributed by atoms with Crippen LogP contribution in [0.4, 0.5) is 0 Å². The monoisotopic (exact) mass is 377 g/mol. The van der Waals surface area contributed by atoms with E-state index in [1.165, 1.54) is 14.1 Å². The fraction of sp³-hybridized carbons (Fsp3) is 0.333. The van der Waals surface area contributed by atoms with Crippen LogP contribution >= 0.6 is 0 Å². The Bertz CT molecular complexity index is 961. The largest absolute Gasteiger partial charge is 0.351 e. The summed E-state index contributed by atoms with van der Waals surface area (Å²) < 4.78 is 24.5. The van der Waals surface area contributed by atoms with Crippen molar-refractivity contribution in [2.75, 3.05) is 26.4 Å². The van der Waals surface area contributed by atoms with Crippen LogP contribution in [0.2, 0.25) is 0 Å². The molecule has 0 aliphatic rings. The van der Waals surface area contributed by atoms with Crippen molar-refractivity contribution in [3.63, 3.8) is 0 Å². The maximum absolute atomic E-state index is 12.1. The van der Waals surface area contributed by atoms with E-state index in [4.69, 9.17) is 0 Å². The minimum Gasteiger partial charge on any atom is -0.351 e. The highest BCUT2D eigenvalue weighted by Gasteiger charge is 2.14. The van der Waals surface area contributed by atoms with E-state index in [-0.39, 0.29) is 23.8 Å². The number of benzene rings is 1. The van der Waals surface area contributed by atoms with Gasteiger partial charge < -0.3 is 10.3 Å². The average molecular weight is 377 g/mol. The number of hydrogen-bond donors (Lipinski definition) is 2. The molecule has 0 bridgehead atoms. The molecule has 0 atom stereocenters. The van der Waals surface area contributed by atoms with Crippen molar-refractivity contribution in [3.05, 3.63) is 57.5 Å². The number of carbonyl (C=O) groups is 1. The van der Waals surface area contributed by atoms with E-state index in [9.17, 15) is 18.0 Å². The molecule has 26 heavy (non-hydrogen) atoms. The Morgan fingerprint density at radius 3 is 2.35 bits per heavy atom. The Kier molecular flexibility index (Phi) is 5.99. The summed E-state index contributed by atoms with van der Waals surface area (Å²) in [7, 11) is -0.453. The summed E-state index contributed by atoms with van der Waals surface area (Å²) in [6, 6.07) is 8.44. The van der Waals surface area contributed by atoms with Gasteiger partial charge >= 0.3 is 0 Å². The molecular formula is C18H23N3O4S. The number of aromatic amines is 1. The van der Waals surface area contributed by atoms with Crippen LogP contribution in [0.3, 0.4) is 0 Å². The van der Waals surface area contributed by atoms with Gasteiger partial charge in [-0.2, -0.15) is 0 Å². The maximum Gasteiger partial charge on any atom is 0.256 e. The van der Waals surface area contributed by atoms with Gasteiger partial charge in [0.2, 0.25) is 10.0 Å². The number of amides is 1. The summed E-state index contributed by atoms with van der Waals surface area (Å²) in [6.45, 7) is 3.78. The molecule has 0 saturated heterocycles. The van der Waals surface area contributed by atoms with Crippen LogP contribution in [0.25, 0.3) is 11.1 Å². The number of hydrogen-bond acceptors (Lipinski definition) is 4. The van der Waals surface area contributed by atoms with Crippen LogP contribution < -0.4 is 10.9 Å². The van der Waals surface area contributed by atoms with Crippen molar-refractivity contribution in [2.45, 2.75) is 13.8 Å². The number of nitrogens with zero attached hydrogens (tertiary/aromatic N) is 1. The summed E-state index contributed by atoms with van der Waals surface area (Å²) in [5, 5.41) is 2.58. The van der Waals surface area contributed by atoms with Crippen molar-refractivity contribution in [3.8, 4) is 11.1 Å². The van der Waals surface area contributed by atoms with Crippen LogP contribution in [0.1, 0.15) is 21.6 Å². The minimum absolute atomic E-state index is 0.0257. The SMILES string of the molecule is Cc1cc(-c2ccc(C(=O)NCCS(=O)(=O)N(C)C)cc2)c(=O)[nH]c1C. The summed E-state index contributed by atoms with van der Waals surface area (Å²) in [5.74, 6) is -0.526. The summed E-state index contributed by atoms with van der Waals surface area (Å²) >= 11 is 0. The Labute approximate surface area is 153 Å². The third-order valence-electron chi connectivity index (χ3n) is 4.16. The molecule has 0 aliphatic heterocycles. The second-order valence-electron chi connectivity index (χ2n) is 6.25. The van der Waals surface area contributed by atoms with Gasteiger partial charge in [0, 0.05) is 37.5 Å². The second kappa shape index (κ2) is 7.84. The Morgan fingerprint density at radius 2 is 1.77 bits per heavy atom. The summed E-state index contributed by atoms with van der Waals surface area (Å²) in [6.07, 6.45) is 0. The molecule has 2 N–H and O–H groups in total. The molecular weight excluding hydrogens is 354 g/mol. The minimum atomic E-state index is -3.35. The zero-order valence-corrected chi connectivity index (χ0v) is 16.1. The van der Waals surface area contributed by atoms with Gasteiger partial charge in [-0.05, 0) is 43.2 Å². The van der Waals surface area contributed by atoms with Gasteiger partial charge in [-0.3, -0.25) is 9.59 Å². The average Bonchev–Trinajstić information content (AvgIpc) is 2.58. The van der Waals surface area contributed by atoms with Gasteiger partial charge in [0.05, 0.1) is 5.75 Å². The lowest BCUT2D eigenvalue weighted by Crippen LogP contribution is -2.33. The normalized spacial score (nSPS) is 11.6. The van der Waals surface area contributed by atoms with Crippen molar-refractivity contribution in [2.24, 2.45) is 0 Å². The van der Waals surface area contributed by atoms with E-state index in [0.29, 0.717) is 16.7 Å². The Balaban J connectivity index is 2.09. The summed E-state index contributed by atoms with van der Waals surface area (Å²) in [5.41, 5.74) is 3.26. The Hall–Kier alpha value is -2.45. The molecule has 1 heterocycles. The quantitative estimate of drug-likeness (QED) is 0.792. The van der Waals surface area contributed by atoms with Crippen molar-refractivity contribution in [1.82, 2.24) is 14.6 Å². The fourth-order valence-electron chi connectivity index (χ4n) is 2.32. The number of carbonyl (C=O) groups excluding carboxylic acids is 1. The third-order valence-corrected chi connectivity index (χ3v) is 5.99. The molecule has 1 aromatic heterocycles. The van der Waals surface area contributed by atoms with Gasteiger partial charge in [0.1, 0.15) is 0 Å². The van der Waals surface area contributed by atoms with Crippen molar-refractivity contribution >= 4 is 15.9 Å². The molecule has 0 spiro atoms. The molecule has 2 rings (SSSR count). The standard InChI is InChI=1S/C18H23N3O4S/c1-12-11-16(18(23)20-13(12)2)14-5-7-15(8-6-14)17(22)19-9-10-26(24,25)21(3)4/h5-8,11H,9-10H2,1-4H3,(H,19,22)(H,20,23). The summed E-state index contributed by atoms with van der Waals surface area (Å²) in [4.78, 5) is 27.0. The molecule has 140 valence electrons. The first-order valence-electron chi connectivity index (χ1n) is 8.11. The molecule has 0 unspecified atom stereocenters. The zero-order chi connectivity index (χ0) is 19.5. The number of rotatable bonds is 6. The van der Waals surface area contributed by atoms with Gasteiger partial charge in [0.25, 0.3) is 11.5 Å². The highest BCUT2D eigenvalue weighted by Crippen LogP contribution is 2.18. The van der Waals surface area contributed by atoms with Crippen LogP contribution in [0.5, 0.6) is 0 Å². The zero-order valence-electron chi connectivity index (χ0n) is 15.3. The third kappa shape index (κ3) is 4.59. The molecule has 8 heteroatoms. The highest BCUT2D eigenvalue weighted by molar-refractivity contribution is 7.89. The predicted octanol–water partition coefficient (Wildman–Crippen LogP) is 1.28. The molecule has 0 saturated carbocycles. The molecule has 0 fully saturated rings. The first kappa shape index (κ1) is 19.9.